The highest BCUT2D eigenvalue weighted by Gasteiger charge is 2.18. The molecule has 0 atom stereocenters. The van der Waals surface area contributed by atoms with Crippen LogP contribution < -0.4 is 5.32 Å². The van der Waals surface area contributed by atoms with Gasteiger partial charge in [-0.15, -0.1) is 0 Å². The normalized spacial score (nSPS) is 15.9. The zero-order valence-corrected chi connectivity index (χ0v) is 12.9. The number of hydrogen-bond acceptors (Lipinski definition) is 5. The van der Waals surface area contributed by atoms with Crippen LogP contribution in [0.15, 0.2) is 16.5 Å². The molecule has 22 heavy (non-hydrogen) atoms. The number of rotatable bonds is 7. The molecule has 0 spiro atoms. The lowest BCUT2D eigenvalue weighted by molar-refractivity contribution is -0.402. The lowest BCUT2D eigenvalue weighted by atomic mass is 9.94. The van der Waals surface area contributed by atoms with E-state index >= 15 is 0 Å². The quantitative estimate of drug-likeness (QED) is 0.475. The summed E-state index contributed by atoms with van der Waals surface area (Å²) in [6.45, 7) is 1.47. The van der Waals surface area contributed by atoms with Crippen LogP contribution in [-0.4, -0.2) is 41.9 Å². The first kappa shape index (κ1) is 16.5. The van der Waals surface area contributed by atoms with E-state index in [4.69, 9.17) is 4.42 Å². The van der Waals surface area contributed by atoms with Gasteiger partial charge in [0.05, 0.1) is 6.07 Å². The largest absolute Gasteiger partial charge is 0.433 e. The minimum Gasteiger partial charge on any atom is -0.395 e. The van der Waals surface area contributed by atoms with Crippen molar-refractivity contribution >= 4 is 11.8 Å². The molecule has 2 rings (SSSR count). The molecule has 1 aliphatic rings. The van der Waals surface area contributed by atoms with Gasteiger partial charge in [-0.25, -0.2) is 0 Å². The molecule has 0 bridgehead atoms. The molecule has 122 valence electrons. The molecule has 0 aliphatic heterocycles. The molecule has 7 heteroatoms. The smallest absolute Gasteiger partial charge is 0.395 e. The molecule has 7 nitrogen and oxygen atoms in total. The van der Waals surface area contributed by atoms with E-state index in [0.717, 1.165) is 13.0 Å². The Kier molecular flexibility index (Phi) is 5.94. The van der Waals surface area contributed by atoms with Crippen LogP contribution in [0.5, 0.6) is 0 Å². The molecule has 1 fully saturated rings. The first-order valence-corrected chi connectivity index (χ1v) is 7.80. The van der Waals surface area contributed by atoms with Crippen LogP contribution in [0.1, 0.15) is 49.1 Å². The third kappa shape index (κ3) is 4.56. The number of carbonyl (C=O) groups is 1. The van der Waals surface area contributed by atoms with Crippen LogP contribution in [0.2, 0.25) is 0 Å². The van der Waals surface area contributed by atoms with Crippen molar-refractivity contribution in [2.75, 3.05) is 20.1 Å². The zero-order valence-electron chi connectivity index (χ0n) is 12.9. The van der Waals surface area contributed by atoms with Gasteiger partial charge in [-0.05, 0) is 38.9 Å². The molecular weight excluding hydrogens is 286 g/mol. The second kappa shape index (κ2) is 7.93. The highest BCUT2D eigenvalue weighted by atomic mass is 16.6. The van der Waals surface area contributed by atoms with Gasteiger partial charge in [-0.3, -0.25) is 14.9 Å². The summed E-state index contributed by atoms with van der Waals surface area (Å²) in [5.74, 6) is -0.845. The highest BCUT2D eigenvalue weighted by Crippen LogP contribution is 2.21. The van der Waals surface area contributed by atoms with Crippen molar-refractivity contribution in [3.63, 3.8) is 0 Å². The number of hydrogen-bond donors (Lipinski definition) is 1. The lowest BCUT2D eigenvalue weighted by Crippen LogP contribution is -2.35. The summed E-state index contributed by atoms with van der Waals surface area (Å²) in [4.78, 5) is 24.0. The van der Waals surface area contributed by atoms with Crippen LogP contribution in [0.25, 0.3) is 0 Å². The Morgan fingerprint density at radius 3 is 2.77 bits per heavy atom. The van der Waals surface area contributed by atoms with Crippen molar-refractivity contribution in [2.24, 2.45) is 0 Å². The van der Waals surface area contributed by atoms with E-state index in [1.807, 2.05) is 0 Å². The molecule has 0 unspecified atom stereocenters. The van der Waals surface area contributed by atoms with Crippen molar-refractivity contribution in [1.29, 1.82) is 0 Å². The third-order valence-corrected chi connectivity index (χ3v) is 4.17. The summed E-state index contributed by atoms with van der Waals surface area (Å²) in [5, 5.41) is 13.2. The van der Waals surface area contributed by atoms with E-state index in [9.17, 15) is 14.9 Å². The van der Waals surface area contributed by atoms with Crippen molar-refractivity contribution in [3.05, 3.63) is 28.0 Å². The predicted molar refractivity (Wildman–Crippen MR) is 81.8 cm³/mol. The molecule has 0 saturated heterocycles. The SMILES string of the molecule is CN(CCCNC(=O)c1ccc([N+](=O)[O-])o1)C1CCCCC1. The van der Waals surface area contributed by atoms with Gasteiger partial charge in [0.15, 0.2) is 5.76 Å². The van der Waals surface area contributed by atoms with Gasteiger partial charge >= 0.3 is 5.88 Å². The topological polar surface area (TPSA) is 88.6 Å². The summed E-state index contributed by atoms with van der Waals surface area (Å²) in [6, 6.07) is 3.17. The average Bonchev–Trinajstić information content (AvgIpc) is 3.02. The van der Waals surface area contributed by atoms with Crippen molar-refractivity contribution in [2.45, 2.75) is 44.6 Å². The van der Waals surface area contributed by atoms with Gasteiger partial charge in [0.2, 0.25) is 0 Å². The second-order valence-electron chi connectivity index (χ2n) is 5.78. The van der Waals surface area contributed by atoms with E-state index in [1.54, 1.807) is 0 Å². The van der Waals surface area contributed by atoms with Crippen LogP contribution in [0, 0.1) is 10.1 Å². The Balaban J connectivity index is 1.67. The Bertz CT molecular complexity index is 509. The fraction of sp³-hybridized carbons (Fsp3) is 0.667. The van der Waals surface area contributed by atoms with Gasteiger partial charge in [0.1, 0.15) is 4.92 Å². The Morgan fingerprint density at radius 2 is 2.14 bits per heavy atom. The van der Waals surface area contributed by atoms with Gasteiger partial charge in [-0.1, -0.05) is 19.3 Å². The second-order valence-corrected chi connectivity index (χ2v) is 5.78. The van der Waals surface area contributed by atoms with Crippen LogP contribution >= 0.6 is 0 Å². The number of nitro groups is 1. The monoisotopic (exact) mass is 309 g/mol. The van der Waals surface area contributed by atoms with Crippen molar-refractivity contribution < 1.29 is 14.1 Å². The molecule has 1 N–H and O–H groups in total. The molecule has 0 aromatic carbocycles. The van der Waals surface area contributed by atoms with Crippen molar-refractivity contribution in [3.8, 4) is 0 Å². The third-order valence-electron chi connectivity index (χ3n) is 4.17. The Hall–Kier alpha value is -1.89. The number of carbonyl (C=O) groups excluding carboxylic acids is 1. The minimum absolute atomic E-state index is 0.0210. The standard InChI is InChI=1S/C15H23N3O4/c1-17(12-6-3-2-4-7-12)11-5-10-16-15(19)13-8-9-14(22-13)18(20)21/h8-9,12H,2-7,10-11H2,1H3,(H,16,19). The molecule has 1 amide bonds. The first-order valence-electron chi connectivity index (χ1n) is 7.80. The molecule has 1 heterocycles. The molecule has 0 radical (unpaired) electrons. The average molecular weight is 309 g/mol. The fourth-order valence-electron chi connectivity index (χ4n) is 2.87. The molecule has 1 saturated carbocycles. The fourth-order valence-corrected chi connectivity index (χ4v) is 2.87. The maximum absolute atomic E-state index is 11.8. The maximum atomic E-state index is 11.8. The summed E-state index contributed by atoms with van der Waals surface area (Å²) in [5.41, 5.74) is 0. The Labute approximate surface area is 129 Å². The van der Waals surface area contributed by atoms with E-state index in [0.29, 0.717) is 12.6 Å². The van der Waals surface area contributed by atoms with Gasteiger partial charge in [0, 0.05) is 12.6 Å². The number of nitrogens with one attached hydrogen (secondary N) is 1. The number of furan rings is 1. The zero-order chi connectivity index (χ0) is 15.9. The molecular formula is C15H23N3O4. The van der Waals surface area contributed by atoms with Gasteiger partial charge in [0.25, 0.3) is 5.91 Å². The predicted octanol–water partition coefficient (Wildman–Crippen LogP) is 2.57. The van der Waals surface area contributed by atoms with E-state index in [-0.39, 0.29) is 5.76 Å². The van der Waals surface area contributed by atoms with Crippen LogP contribution in [-0.2, 0) is 0 Å². The minimum atomic E-state index is -0.657. The maximum Gasteiger partial charge on any atom is 0.433 e. The molecule has 1 aromatic rings. The summed E-state index contributed by atoms with van der Waals surface area (Å²) < 4.78 is 4.86. The van der Waals surface area contributed by atoms with Crippen LogP contribution in [0.3, 0.4) is 0 Å². The van der Waals surface area contributed by atoms with E-state index in [2.05, 4.69) is 17.3 Å². The molecule has 1 aromatic heterocycles. The summed E-state index contributed by atoms with van der Waals surface area (Å²) in [6.07, 6.45) is 7.33. The van der Waals surface area contributed by atoms with Crippen LogP contribution in [0.4, 0.5) is 5.88 Å². The van der Waals surface area contributed by atoms with Gasteiger partial charge in [-0.2, -0.15) is 0 Å². The summed E-state index contributed by atoms with van der Waals surface area (Å²) >= 11 is 0. The van der Waals surface area contributed by atoms with Gasteiger partial charge < -0.3 is 14.6 Å². The number of nitrogens with zero attached hydrogens (tertiary/aromatic N) is 2. The molecule has 1 aliphatic carbocycles. The summed E-state index contributed by atoms with van der Waals surface area (Å²) in [7, 11) is 2.13. The number of amides is 1. The van der Waals surface area contributed by atoms with E-state index in [1.165, 1.54) is 44.2 Å². The first-order chi connectivity index (χ1) is 10.6. The lowest BCUT2D eigenvalue weighted by Gasteiger charge is -2.31. The van der Waals surface area contributed by atoms with E-state index < -0.39 is 16.7 Å². The highest BCUT2D eigenvalue weighted by molar-refractivity contribution is 5.91. The van der Waals surface area contributed by atoms with Crippen molar-refractivity contribution in [1.82, 2.24) is 10.2 Å². The Morgan fingerprint density at radius 1 is 1.41 bits per heavy atom.